The van der Waals surface area contributed by atoms with Gasteiger partial charge in [-0.25, -0.2) is 0 Å². The predicted molar refractivity (Wildman–Crippen MR) is 16.5 cm³/mol. The largest absolute Gasteiger partial charge is 0.386 e. The topological polar surface area (TPSA) is 38.4 Å². The minimum atomic E-state index is 0.792. The van der Waals surface area contributed by atoms with E-state index in [-0.39, 0.29) is 0 Å². The van der Waals surface area contributed by atoms with Crippen molar-refractivity contribution in [1.82, 2.24) is 0 Å². The highest BCUT2D eigenvalue weighted by Crippen LogP contribution is 1.82. The molecule has 2 nitrogen and oxygen atoms in total. The van der Waals surface area contributed by atoms with Crippen LogP contribution in [-0.2, 0) is 0 Å². The predicted octanol–water partition coefficient (Wildman–Crippen LogP) is -0.643. The number of nitrogens with two attached hydrogens (primary N) is 1. The number of hydrogen-bond acceptors (Lipinski definition) is 2. The van der Waals surface area contributed by atoms with Crippen molar-refractivity contribution in [2.75, 3.05) is 6.54 Å². The quantitative estimate of drug-likeness (QED) is 0.394. The van der Waals surface area contributed by atoms with Crippen molar-refractivity contribution in [3.8, 4) is 0 Å². The molecule has 0 saturated heterocycles. The molecule has 0 amide bonds. The van der Waals surface area contributed by atoms with E-state index in [0.717, 1.165) is 12.4 Å². The van der Waals surface area contributed by atoms with Gasteiger partial charge in [0, 0.05) is 0 Å². The van der Waals surface area contributed by atoms with Gasteiger partial charge in [0.25, 0.3) is 0 Å². The van der Waals surface area contributed by atoms with Gasteiger partial charge in [0.15, 0.2) is 0 Å². The van der Waals surface area contributed by atoms with E-state index >= 15 is 0 Å². The number of amidine groups is 1. The van der Waals surface area contributed by atoms with Gasteiger partial charge in [-0.1, -0.05) is 0 Å². The zero-order valence-electron chi connectivity index (χ0n) is 2.23. The van der Waals surface area contributed by atoms with Crippen LogP contribution in [0, 0.1) is 0 Å². The van der Waals surface area contributed by atoms with Crippen LogP contribution in [0.25, 0.3) is 0 Å². The molecular formula is C2H4N2. The highest BCUT2D eigenvalue weighted by molar-refractivity contribution is 5.92. The lowest BCUT2D eigenvalue weighted by atomic mass is 10.8. The number of nitrogens with zero attached hydrogens (tertiary/aromatic N) is 1. The summed E-state index contributed by atoms with van der Waals surface area (Å²) in [4.78, 5) is 3.60. The van der Waals surface area contributed by atoms with Crippen molar-refractivity contribution in [1.29, 1.82) is 0 Å². The molecular weight excluding hydrogens is 52.0 g/mol. The Morgan fingerprint density at radius 3 is 2.25 bits per heavy atom. The molecule has 1 aliphatic heterocycles. The SMILES string of the molecule is NC1=NC1. The van der Waals surface area contributed by atoms with Crippen LogP contribution in [0.5, 0.6) is 0 Å². The summed E-state index contributed by atoms with van der Waals surface area (Å²) in [6.45, 7) is 0.806. The fraction of sp³-hybridized carbons (Fsp3) is 0.500. The third-order valence-corrected chi connectivity index (χ3v) is 0.341. The Bertz CT molecular complexity index is 55.1. The van der Waals surface area contributed by atoms with Crippen molar-refractivity contribution >= 4 is 5.84 Å². The summed E-state index contributed by atoms with van der Waals surface area (Å²) in [6, 6.07) is 0. The molecule has 0 radical (unpaired) electrons. The summed E-state index contributed by atoms with van der Waals surface area (Å²) >= 11 is 0. The van der Waals surface area contributed by atoms with Crippen molar-refractivity contribution < 1.29 is 0 Å². The zero-order chi connectivity index (χ0) is 2.99. The van der Waals surface area contributed by atoms with E-state index in [1.54, 1.807) is 0 Å². The van der Waals surface area contributed by atoms with Gasteiger partial charge in [-0.05, 0) is 0 Å². The second kappa shape index (κ2) is 0.267. The van der Waals surface area contributed by atoms with Crippen LogP contribution < -0.4 is 5.73 Å². The van der Waals surface area contributed by atoms with E-state index in [2.05, 4.69) is 4.99 Å². The summed E-state index contributed by atoms with van der Waals surface area (Å²) in [7, 11) is 0. The van der Waals surface area contributed by atoms with Crippen LogP contribution >= 0.6 is 0 Å². The summed E-state index contributed by atoms with van der Waals surface area (Å²) in [5, 5.41) is 0. The van der Waals surface area contributed by atoms with Crippen LogP contribution in [0.1, 0.15) is 0 Å². The average Bonchev–Trinajstić information content (AvgIpc) is 1.75. The Morgan fingerprint density at radius 2 is 2.25 bits per heavy atom. The lowest BCUT2D eigenvalue weighted by Crippen LogP contribution is -1.94. The third-order valence-electron chi connectivity index (χ3n) is 0.341. The Hall–Kier alpha value is -0.530. The van der Waals surface area contributed by atoms with E-state index in [0.29, 0.717) is 0 Å². The van der Waals surface area contributed by atoms with Crippen molar-refractivity contribution in [2.45, 2.75) is 0 Å². The van der Waals surface area contributed by atoms with Gasteiger partial charge in [0.1, 0.15) is 5.84 Å². The van der Waals surface area contributed by atoms with Gasteiger partial charge < -0.3 is 5.73 Å². The van der Waals surface area contributed by atoms with Gasteiger partial charge in [0.05, 0.1) is 6.54 Å². The van der Waals surface area contributed by atoms with Gasteiger partial charge in [-0.15, -0.1) is 0 Å². The number of aliphatic imine (C=N–C) groups is 1. The highest BCUT2D eigenvalue weighted by Gasteiger charge is 1.98. The Labute approximate surface area is 24.3 Å². The molecule has 0 aromatic carbocycles. The molecule has 0 spiro atoms. The molecule has 0 fully saturated rings. The Kier molecular flexibility index (Phi) is 0.117. The molecule has 22 valence electrons. The minimum Gasteiger partial charge on any atom is -0.386 e. The number of rotatable bonds is 0. The zero-order valence-corrected chi connectivity index (χ0v) is 2.23. The summed E-state index contributed by atoms with van der Waals surface area (Å²) in [6.07, 6.45) is 0. The number of hydrogen-bond donors (Lipinski definition) is 1. The molecule has 2 N–H and O–H groups in total. The molecule has 0 atom stereocenters. The molecule has 0 unspecified atom stereocenters. The van der Waals surface area contributed by atoms with Crippen molar-refractivity contribution in [2.24, 2.45) is 10.7 Å². The fourth-order valence-electron chi connectivity index (χ4n) is 0.0456. The maximum absolute atomic E-state index is 4.97. The first-order chi connectivity index (χ1) is 1.89. The smallest absolute Gasteiger partial charge is 0.116 e. The average molecular weight is 56.1 g/mol. The molecule has 2 heteroatoms. The molecule has 1 heterocycles. The van der Waals surface area contributed by atoms with Gasteiger partial charge >= 0.3 is 0 Å². The van der Waals surface area contributed by atoms with Gasteiger partial charge in [0.2, 0.25) is 0 Å². The lowest BCUT2D eigenvalue weighted by molar-refractivity contribution is 1.57. The molecule has 1 rings (SSSR count). The van der Waals surface area contributed by atoms with E-state index in [1.165, 1.54) is 0 Å². The fourth-order valence-corrected chi connectivity index (χ4v) is 0.0456. The molecule has 0 aromatic rings. The molecule has 0 aromatic heterocycles. The molecule has 0 aliphatic carbocycles. The van der Waals surface area contributed by atoms with Gasteiger partial charge in [-0.2, -0.15) is 0 Å². The first-order valence-electron chi connectivity index (χ1n) is 1.18. The normalized spacial score (nSPS) is 19.5. The first-order valence-corrected chi connectivity index (χ1v) is 1.18. The summed E-state index contributed by atoms with van der Waals surface area (Å²) in [5.41, 5.74) is 4.97. The second-order valence-electron chi connectivity index (χ2n) is 0.808. The molecule has 1 aliphatic rings. The monoisotopic (exact) mass is 56.0 g/mol. The molecule has 0 bridgehead atoms. The van der Waals surface area contributed by atoms with Crippen LogP contribution in [0.15, 0.2) is 4.99 Å². The molecule has 0 saturated carbocycles. The molecule has 4 heavy (non-hydrogen) atoms. The second-order valence-corrected chi connectivity index (χ2v) is 0.808. The standard InChI is InChI=1S/C2H4N2/c3-2-1-4-2/h1H2,(H2,3,4). The van der Waals surface area contributed by atoms with Crippen LogP contribution in [0.4, 0.5) is 0 Å². The Morgan fingerprint density at radius 1 is 2.00 bits per heavy atom. The van der Waals surface area contributed by atoms with Gasteiger partial charge in [-0.3, -0.25) is 4.99 Å². The van der Waals surface area contributed by atoms with Crippen molar-refractivity contribution in [3.63, 3.8) is 0 Å². The first kappa shape index (κ1) is 1.76. The minimum absolute atomic E-state index is 0.792. The van der Waals surface area contributed by atoms with E-state index in [4.69, 9.17) is 5.73 Å². The third kappa shape index (κ3) is 0.0532. The highest BCUT2D eigenvalue weighted by atomic mass is 15.0. The van der Waals surface area contributed by atoms with E-state index in [9.17, 15) is 0 Å². The van der Waals surface area contributed by atoms with E-state index in [1.807, 2.05) is 0 Å². The maximum atomic E-state index is 4.97. The lowest BCUT2D eigenvalue weighted by Gasteiger charge is -1.46. The van der Waals surface area contributed by atoms with Crippen LogP contribution in [-0.4, -0.2) is 12.4 Å². The summed E-state index contributed by atoms with van der Waals surface area (Å²) < 4.78 is 0. The van der Waals surface area contributed by atoms with Crippen LogP contribution in [0.3, 0.4) is 0 Å². The van der Waals surface area contributed by atoms with Crippen LogP contribution in [0.2, 0.25) is 0 Å². The Balaban J connectivity index is 2.54. The van der Waals surface area contributed by atoms with E-state index < -0.39 is 0 Å². The maximum Gasteiger partial charge on any atom is 0.116 e. The summed E-state index contributed by atoms with van der Waals surface area (Å²) in [5.74, 6) is 0.792. The van der Waals surface area contributed by atoms with Crippen molar-refractivity contribution in [3.05, 3.63) is 0 Å².